The molecule has 0 aliphatic rings. The van der Waals surface area contributed by atoms with E-state index in [-0.39, 0.29) is 5.91 Å². The Kier molecular flexibility index (Phi) is 5.59. The Labute approximate surface area is 165 Å². The predicted octanol–water partition coefficient (Wildman–Crippen LogP) is 4.46. The topological polar surface area (TPSA) is 70.2 Å². The number of carbonyl (C=O) groups excluding carboxylic acids is 1. The van der Waals surface area contributed by atoms with Gasteiger partial charge in [0.05, 0.1) is 0 Å². The average Bonchev–Trinajstić information content (AvgIpc) is 2.60. The third-order valence-corrected chi connectivity index (χ3v) is 4.21. The Hall–Kier alpha value is -3.41. The number of benzene rings is 2. The molecule has 0 unspecified atom stereocenters. The van der Waals surface area contributed by atoms with Gasteiger partial charge in [-0.3, -0.25) is 4.79 Å². The Morgan fingerprint density at radius 3 is 2.11 bits per heavy atom. The molecule has 28 heavy (non-hydrogen) atoms. The molecule has 0 spiro atoms. The summed E-state index contributed by atoms with van der Waals surface area (Å²) in [4.78, 5) is 23.4. The molecule has 0 aliphatic heterocycles. The third-order valence-electron chi connectivity index (χ3n) is 4.21. The number of aromatic nitrogens is 2. The monoisotopic (exact) mass is 375 g/mol. The van der Waals surface area contributed by atoms with Crippen LogP contribution >= 0.6 is 0 Å². The highest BCUT2D eigenvalue weighted by molar-refractivity contribution is 6.03. The van der Waals surface area contributed by atoms with Crippen LogP contribution in [0, 0.1) is 20.8 Å². The highest BCUT2D eigenvalue weighted by Crippen LogP contribution is 2.20. The Morgan fingerprint density at radius 1 is 0.857 bits per heavy atom. The summed E-state index contributed by atoms with van der Waals surface area (Å²) in [6, 6.07) is 15.6. The smallest absolute Gasteiger partial charge is 0.274 e. The van der Waals surface area contributed by atoms with E-state index in [4.69, 9.17) is 0 Å². The van der Waals surface area contributed by atoms with E-state index in [1.54, 1.807) is 13.0 Å². The lowest BCUT2D eigenvalue weighted by Gasteiger charge is -2.13. The zero-order valence-electron chi connectivity index (χ0n) is 16.9. The highest BCUT2D eigenvalue weighted by Gasteiger charge is 2.12. The van der Waals surface area contributed by atoms with Gasteiger partial charge in [0.1, 0.15) is 17.3 Å². The van der Waals surface area contributed by atoms with E-state index in [1.165, 1.54) is 0 Å². The van der Waals surface area contributed by atoms with Crippen LogP contribution in [0.4, 0.5) is 22.9 Å². The quantitative estimate of drug-likeness (QED) is 0.689. The van der Waals surface area contributed by atoms with Gasteiger partial charge in [-0.15, -0.1) is 0 Å². The molecule has 3 aromatic rings. The van der Waals surface area contributed by atoms with Crippen LogP contribution < -0.4 is 15.5 Å². The van der Waals surface area contributed by atoms with Crippen LogP contribution in [-0.2, 0) is 0 Å². The summed E-state index contributed by atoms with van der Waals surface area (Å²) in [6.07, 6.45) is 0. The predicted molar refractivity (Wildman–Crippen MR) is 115 cm³/mol. The summed E-state index contributed by atoms with van der Waals surface area (Å²) in [7, 11) is 3.99. The average molecular weight is 375 g/mol. The van der Waals surface area contributed by atoms with Crippen molar-refractivity contribution in [1.82, 2.24) is 9.97 Å². The largest absolute Gasteiger partial charge is 0.378 e. The van der Waals surface area contributed by atoms with Crippen molar-refractivity contribution in [3.8, 4) is 0 Å². The van der Waals surface area contributed by atoms with Crippen LogP contribution in [0.3, 0.4) is 0 Å². The summed E-state index contributed by atoms with van der Waals surface area (Å²) in [5, 5.41) is 6.15. The Morgan fingerprint density at radius 2 is 1.50 bits per heavy atom. The van der Waals surface area contributed by atoms with Gasteiger partial charge in [-0.2, -0.15) is 0 Å². The van der Waals surface area contributed by atoms with Crippen molar-refractivity contribution >= 4 is 28.8 Å². The summed E-state index contributed by atoms with van der Waals surface area (Å²) in [6.45, 7) is 5.77. The molecule has 2 aromatic carbocycles. The van der Waals surface area contributed by atoms with Crippen LogP contribution in [0.1, 0.15) is 27.4 Å². The first-order valence-corrected chi connectivity index (χ1v) is 9.10. The van der Waals surface area contributed by atoms with Crippen molar-refractivity contribution in [2.75, 3.05) is 29.6 Å². The van der Waals surface area contributed by atoms with Gasteiger partial charge in [-0.25, -0.2) is 9.97 Å². The van der Waals surface area contributed by atoms with Gasteiger partial charge < -0.3 is 15.5 Å². The molecule has 3 rings (SSSR count). The van der Waals surface area contributed by atoms with Crippen LogP contribution in [0.15, 0.2) is 48.5 Å². The lowest BCUT2D eigenvalue weighted by molar-refractivity contribution is 0.102. The molecule has 144 valence electrons. The van der Waals surface area contributed by atoms with E-state index in [0.717, 1.165) is 28.2 Å². The van der Waals surface area contributed by atoms with Gasteiger partial charge in [0, 0.05) is 37.2 Å². The number of carbonyl (C=O) groups is 1. The minimum absolute atomic E-state index is 0.262. The molecule has 0 fully saturated rings. The minimum atomic E-state index is -0.262. The zero-order chi connectivity index (χ0) is 20.3. The van der Waals surface area contributed by atoms with Gasteiger partial charge in [-0.1, -0.05) is 6.07 Å². The fourth-order valence-electron chi connectivity index (χ4n) is 2.98. The number of nitrogens with zero attached hydrogens (tertiary/aromatic N) is 3. The second-order valence-electron chi connectivity index (χ2n) is 7.08. The maximum atomic E-state index is 12.7. The lowest BCUT2D eigenvalue weighted by Crippen LogP contribution is -2.15. The number of amides is 1. The van der Waals surface area contributed by atoms with Crippen molar-refractivity contribution in [2.45, 2.75) is 20.8 Å². The molecule has 2 N–H and O–H groups in total. The number of nitrogens with one attached hydrogen (secondary N) is 2. The van der Waals surface area contributed by atoms with Gasteiger partial charge in [0.2, 0.25) is 0 Å². The molecule has 0 aliphatic carbocycles. The molecule has 6 heteroatoms. The second-order valence-corrected chi connectivity index (χ2v) is 7.08. The summed E-state index contributed by atoms with van der Waals surface area (Å²) >= 11 is 0. The van der Waals surface area contributed by atoms with E-state index in [0.29, 0.717) is 17.3 Å². The molecule has 1 aromatic heterocycles. The second kappa shape index (κ2) is 8.08. The SMILES string of the molecule is Cc1cc(C)cc(NC(=O)c2cc(Nc3ccc(N(C)C)cc3)nc(C)n2)c1. The Balaban J connectivity index is 1.79. The first-order chi connectivity index (χ1) is 13.3. The summed E-state index contributed by atoms with van der Waals surface area (Å²) < 4.78 is 0. The molecule has 0 atom stereocenters. The standard InChI is InChI=1S/C22H25N5O/c1-14-10-15(2)12-18(11-14)26-22(28)20-13-21(24-16(3)23-20)25-17-6-8-19(9-7-17)27(4)5/h6-13H,1-5H3,(H,26,28)(H,23,24,25). The molecular formula is C22H25N5O. The normalized spacial score (nSPS) is 10.5. The van der Waals surface area contributed by atoms with E-state index < -0.39 is 0 Å². The first kappa shape index (κ1) is 19.4. The number of aryl methyl sites for hydroxylation is 3. The maximum Gasteiger partial charge on any atom is 0.274 e. The lowest BCUT2D eigenvalue weighted by atomic mass is 10.1. The van der Waals surface area contributed by atoms with Crippen LogP contribution in [0.25, 0.3) is 0 Å². The van der Waals surface area contributed by atoms with E-state index in [2.05, 4.69) is 26.7 Å². The molecule has 0 saturated heterocycles. The van der Waals surface area contributed by atoms with Gasteiger partial charge in [0.25, 0.3) is 5.91 Å². The van der Waals surface area contributed by atoms with Crippen molar-refractivity contribution in [2.24, 2.45) is 0 Å². The van der Waals surface area contributed by atoms with Crippen molar-refractivity contribution in [3.05, 3.63) is 71.2 Å². The van der Waals surface area contributed by atoms with Gasteiger partial charge in [0.15, 0.2) is 0 Å². The number of rotatable bonds is 5. The molecule has 6 nitrogen and oxygen atoms in total. The zero-order valence-corrected chi connectivity index (χ0v) is 16.9. The van der Waals surface area contributed by atoms with Crippen LogP contribution in [-0.4, -0.2) is 30.0 Å². The van der Waals surface area contributed by atoms with Crippen LogP contribution in [0.5, 0.6) is 0 Å². The maximum absolute atomic E-state index is 12.7. The molecule has 0 bridgehead atoms. The van der Waals surface area contributed by atoms with E-state index >= 15 is 0 Å². The molecule has 1 heterocycles. The van der Waals surface area contributed by atoms with Crippen LogP contribution in [0.2, 0.25) is 0 Å². The first-order valence-electron chi connectivity index (χ1n) is 9.10. The fraction of sp³-hybridized carbons (Fsp3) is 0.227. The van der Waals surface area contributed by atoms with E-state index in [9.17, 15) is 4.79 Å². The number of hydrogen-bond acceptors (Lipinski definition) is 5. The van der Waals surface area contributed by atoms with Gasteiger partial charge >= 0.3 is 0 Å². The number of anilines is 4. The Bertz CT molecular complexity index is 976. The van der Waals surface area contributed by atoms with Crippen molar-refractivity contribution < 1.29 is 4.79 Å². The summed E-state index contributed by atoms with van der Waals surface area (Å²) in [5.41, 5.74) is 5.27. The molecule has 0 saturated carbocycles. The summed E-state index contributed by atoms with van der Waals surface area (Å²) in [5.74, 6) is 0.845. The number of hydrogen-bond donors (Lipinski definition) is 2. The highest BCUT2D eigenvalue weighted by atomic mass is 16.1. The minimum Gasteiger partial charge on any atom is -0.378 e. The van der Waals surface area contributed by atoms with Gasteiger partial charge in [-0.05, 0) is 68.3 Å². The molecule has 1 amide bonds. The van der Waals surface area contributed by atoms with Crippen molar-refractivity contribution in [3.63, 3.8) is 0 Å². The fourth-order valence-corrected chi connectivity index (χ4v) is 2.98. The molecule has 0 radical (unpaired) electrons. The third kappa shape index (κ3) is 4.85. The molecular weight excluding hydrogens is 350 g/mol. The van der Waals surface area contributed by atoms with Crippen molar-refractivity contribution in [1.29, 1.82) is 0 Å². The van der Waals surface area contributed by atoms with E-state index in [1.807, 2.05) is 69.2 Å².